The second-order valence-electron chi connectivity index (χ2n) is 4.58. The van der Waals surface area contributed by atoms with E-state index in [1.807, 2.05) is 6.20 Å². The predicted octanol–water partition coefficient (Wildman–Crippen LogP) is 2.31. The third-order valence-corrected chi connectivity index (χ3v) is 3.72. The lowest BCUT2D eigenvalue weighted by molar-refractivity contribution is 0.396. The molecule has 1 rings (SSSR count). The van der Waals surface area contributed by atoms with Crippen LogP contribution in [-0.2, 0) is 13.0 Å². The number of aromatic nitrogens is 1. The molecule has 1 heterocycles. The Balaban J connectivity index is 2.29. The maximum atomic E-state index is 6.14. The van der Waals surface area contributed by atoms with Gasteiger partial charge in [-0.1, -0.05) is 20.3 Å². The van der Waals surface area contributed by atoms with Crippen LogP contribution in [0.25, 0.3) is 0 Å². The van der Waals surface area contributed by atoms with Crippen LogP contribution < -0.4 is 11.1 Å². The average molecular weight is 241 g/mol. The molecule has 0 aliphatic heterocycles. The second kappa shape index (κ2) is 6.33. The third kappa shape index (κ3) is 4.60. The number of nitrogens with one attached hydrogen (secondary N) is 1. The van der Waals surface area contributed by atoms with Crippen LogP contribution in [0.15, 0.2) is 6.20 Å². The maximum Gasteiger partial charge on any atom is 0.107 e. The molecule has 0 aliphatic carbocycles. The van der Waals surface area contributed by atoms with E-state index in [1.165, 1.54) is 4.88 Å². The largest absolute Gasteiger partial charge is 0.324 e. The van der Waals surface area contributed by atoms with Gasteiger partial charge in [-0.15, -0.1) is 11.3 Å². The Kier molecular flexibility index (Phi) is 5.38. The molecule has 0 saturated heterocycles. The van der Waals surface area contributed by atoms with Crippen LogP contribution in [0, 0.1) is 0 Å². The molecule has 4 heteroatoms. The quantitative estimate of drug-likeness (QED) is 0.770. The molecule has 3 N–H and O–H groups in total. The van der Waals surface area contributed by atoms with Crippen molar-refractivity contribution in [3.05, 3.63) is 16.1 Å². The Labute approximate surface area is 102 Å². The SMILES string of the molecule is CCCC(C)(N)CNCc1ncc(CC)s1. The van der Waals surface area contributed by atoms with Crippen molar-refractivity contribution in [2.45, 2.75) is 52.1 Å². The highest BCUT2D eigenvalue weighted by molar-refractivity contribution is 7.11. The summed E-state index contributed by atoms with van der Waals surface area (Å²) < 4.78 is 0. The molecule has 1 unspecified atom stereocenters. The average Bonchev–Trinajstić information content (AvgIpc) is 2.65. The van der Waals surface area contributed by atoms with Crippen molar-refractivity contribution in [1.82, 2.24) is 10.3 Å². The zero-order valence-corrected chi connectivity index (χ0v) is 11.4. The first-order valence-electron chi connectivity index (χ1n) is 6.00. The van der Waals surface area contributed by atoms with Gasteiger partial charge in [0.2, 0.25) is 0 Å². The highest BCUT2D eigenvalue weighted by Gasteiger charge is 2.16. The van der Waals surface area contributed by atoms with Gasteiger partial charge in [-0.2, -0.15) is 0 Å². The van der Waals surface area contributed by atoms with E-state index in [2.05, 4.69) is 31.1 Å². The molecule has 0 aliphatic rings. The molecule has 0 saturated carbocycles. The molecule has 1 aromatic heterocycles. The van der Waals surface area contributed by atoms with E-state index in [9.17, 15) is 0 Å². The highest BCUT2D eigenvalue weighted by atomic mass is 32.1. The minimum Gasteiger partial charge on any atom is -0.324 e. The standard InChI is InChI=1S/C12H23N3S/c1-4-6-12(3,13)9-14-8-11-15-7-10(5-2)16-11/h7,14H,4-6,8-9,13H2,1-3H3. The van der Waals surface area contributed by atoms with Crippen molar-refractivity contribution in [1.29, 1.82) is 0 Å². The summed E-state index contributed by atoms with van der Waals surface area (Å²) in [7, 11) is 0. The van der Waals surface area contributed by atoms with E-state index in [-0.39, 0.29) is 5.54 Å². The Hall–Kier alpha value is -0.450. The summed E-state index contributed by atoms with van der Waals surface area (Å²) in [6, 6.07) is 0. The van der Waals surface area contributed by atoms with Crippen LogP contribution in [0.4, 0.5) is 0 Å². The summed E-state index contributed by atoms with van der Waals surface area (Å²) in [5, 5.41) is 4.54. The van der Waals surface area contributed by atoms with Gasteiger partial charge < -0.3 is 11.1 Å². The Morgan fingerprint density at radius 3 is 2.81 bits per heavy atom. The minimum absolute atomic E-state index is 0.0976. The molecular weight excluding hydrogens is 218 g/mol. The lowest BCUT2D eigenvalue weighted by Gasteiger charge is -2.24. The number of aryl methyl sites for hydroxylation is 1. The molecule has 0 fully saturated rings. The fraction of sp³-hybridized carbons (Fsp3) is 0.750. The molecule has 0 amide bonds. The predicted molar refractivity (Wildman–Crippen MR) is 70.7 cm³/mol. The summed E-state index contributed by atoms with van der Waals surface area (Å²) in [5.41, 5.74) is 6.05. The van der Waals surface area contributed by atoms with Gasteiger partial charge in [0.25, 0.3) is 0 Å². The van der Waals surface area contributed by atoms with Crippen LogP contribution in [-0.4, -0.2) is 17.1 Å². The Morgan fingerprint density at radius 2 is 2.25 bits per heavy atom. The molecule has 1 aromatic rings. The number of nitrogens with zero attached hydrogens (tertiary/aromatic N) is 1. The molecule has 16 heavy (non-hydrogen) atoms. The summed E-state index contributed by atoms with van der Waals surface area (Å²) in [5.74, 6) is 0. The number of rotatable bonds is 7. The van der Waals surface area contributed by atoms with E-state index in [0.29, 0.717) is 0 Å². The van der Waals surface area contributed by atoms with E-state index in [4.69, 9.17) is 5.73 Å². The van der Waals surface area contributed by atoms with Crippen LogP contribution in [0.3, 0.4) is 0 Å². The van der Waals surface area contributed by atoms with Crippen molar-refractivity contribution >= 4 is 11.3 Å². The molecule has 1 atom stereocenters. The van der Waals surface area contributed by atoms with Gasteiger partial charge in [-0.05, 0) is 19.8 Å². The van der Waals surface area contributed by atoms with Crippen LogP contribution in [0.1, 0.15) is 43.5 Å². The maximum absolute atomic E-state index is 6.14. The smallest absolute Gasteiger partial charge is 0.107 e. The zero-order valence-electron chi connectivity index (χ0n) is 10.5. The Morgan fingerprint density at radius 1 is 1.50 bits per heavy atom. The molecular formula is C12H23N3S. The van der Waals surface area contributed by atoms with Crippen molar-refractivity contribution in [2.24, 2.45) is 5.73 Å². The normalized spacial score (nSPS) is 15.0. The van der Waals surface area contributed by atoms with Crippen molar-refractivity contribution < 1.29 is 0 Å². The van der Waals surface area contributed by atoms with Crippen LogP contribution in [0.5, 0.6) is 0 Å². The molecule has 0 aromatic carbocycles. The number of nitrogens with two attached hydrogens (primary N) is 1. The number of hydrogen-bond acceptors (Lipinski definition) is 4. The van der Waals surface area contributed by atoms with Crippen LogP contribution in [0.2, 0.25) is 0 Å². The van der Waals surface area contributed by atoms with Crippen molar-refractivity contribution in [3.8, 4) is 0 Å². The van der Waals surface area contributed by atoms with Gasteiger partial charge in [0, 0.05) is 29.7 Å². The summed E-state index contributed by atoms with van der Waals surface area (Å²) in [4.78, 5) is 5.72. The first-order chi connectivity index (χ1) is 7.57. The number of hydrogen-bond donors (Lipinski definition) is 2. The van der Waals surface area contributed by atoms with Gasteiger partial charge >= 0.3 is 0 Å². The summed E-state index contributed by atoms with van der Waals surface area (Å²) in [6.07, 6.45) is 5.22. The van der Waals surface area contributed by atoms with Crippen molar-refractivity contribution in [3.63, 3.8) is 0 Å². The zero-order chi connectivity index (χ0) is 12.0. The fourth-order valence-electron chi connectivity index (χ4n) is 1.71. The lowest BCUT2D eigenvalue weighted by atomic mass is 9.98. The van der Waals surface area contributed by atoms with Crippen molar-refractivity contribution in [2.75, 3.05) is 6.54 Å². The van der Waals surface area contributed by atoms with E-state index >= 15 is 0 Å². The Bertz CT molecular complexity index is 307. The topological polar surface area (TPSA) is 50.9 Å². The first-order valence-corrected chi connectivity index (χ1v) is 6.82. The second-order valence-corrected chi connectivity index (χ2v) is 5.78. The first kappa shape index (κ1) is 13.6. The van der Waals surface area contributed by atoms with Gasteiger partial charge in [-0.25, -0.2) is 4.98 Å². The van der Waals surface area contributed by atoms with E-state index in [0.717, 1.165) is 37.4 Å². The monoisotopic (exact) mass is 241 g/mol. The molecule has 0 radical (unpaired) electrons. The number of thiazole rings is 1. The van der Waals surface area contributed by atoms with Gasteiger partial charge in [-0.3, -0.25) is 0 Å². The van der Waals surface area contributed by atoms with Crippen LogP contribution >= 0.6 is 11.3 Å². The van der Waals surface area contributed by atoms with E-state index in [1.54, 1.807) is 11.3 Å². The lowest BCUT2D eigenvalue weighted by Crippen LogP contribution is -2.45. The van der Waals surface area contributed by atoms with Gasteiger partial charge in [0.05, 0.1) is 0 Å². The highest BCUT2D eigenvalue weighted by Crippen LogP contribution is 2.13. The third-order valence-electron chi connectivity index (χ3n) is 2.58. The fourth-order valence-corrected chi connectivity index (χ4v) is 2.54. The summed E-state index contributed by atoms with van der Waals surface area (Å²) >= 11 is 1.78. The molecule has 0 bridgehead atoms. The molecule has 3 nitrogen and oxygen atoms in total. The molecule has 0 spiro atoms. The van der Waals surface area contributed by atoms with Gasteiger partial charge in [0.1, 0.15) is 5.01 Å². The summed E-state index contributed by atoms with van der Waals surface area (Å²) in [6.45, 7) is 8.11. The van der Waals surface area contributed by atoms with Gasteiger partial charge in [0.15, 0.2) is 0 Å². The molecule has 92 valence electrons. The minimum atomic E-state index is -0.0976. The van der Waals surface area contributed by atoms with E-state index < -0.39 is 0 Å².